The molecule has 110 valence electrons. The van der Waals surface area contributed by atoms with Gasteiger partial charge in [0.1, 0.15) is 5.82 Å². The monoisotopic (exact) mass is 282 g/mol. The largest absolute Gasteiger partial charge is 0.481 e. The molecule has 1 rings (SSSR count). The van der Waals surface area contributed by atoms with Crippen LogP contribution in [0.4, 0.5) is 10.1 Å². The zero-order valence-electron chi connectivity index (χ0n) is 11.4. The molecule has 1 amide bonds. The Morgan fingerprint density at radius 3 is 2.75 bits per heavy atom. The third-order valence-electron chi connectivity index (χ3n) is 3.03. The minimum absolute atomic E-state index is 0.114. The van der Waals surface area contributed by atoms with Gasteiger partial charge in [0.15, 0.2) is 0 Å². The van der Waals surface area contributed by atoms with E-state index in [9.17, 15) is 14.0 Å². The van der Waals surface area contributed by atoms with Crippen LogP contribution in [0.3, 0.4) is 0 Å². The average Bonchev–Trinajstić information content (AvgIpc) is 2.39. The van der Waals surface area contributed by atoms with Crippen molar-refractivity contribution in [1.82, 2.24) is 5.32 Å². The van der Waals surface area contributed by atoms with E-state index in [2.05, 4.69) is 5.32 Å². The Hall–Kier alpha value is -2.11. The number of aliphatic carboxylic acids is 1. The Kier molecular flexibility index (Phi) is 5.96. The summed E-state index contributed by atoms with van der Waals surface area (Å²) in [5.74, 6) is -1.57. The van der Waals surface area contributed by atoms with E-state index < -0.39 is 17.7 Å². The summed E-state index contributed by atoms with van der Waals surface area (Å²) in [6.45, 7) is 2.32. The number of carboxylic acids is 1. The molecule has 0 aliphatic rings. The van der Waals surface area contributed by atoms with Gasteiger partial charge in [-0.3, -0.25) is 9.59 Å². The molecule has 6 heteroatoms. The number of rotatable bonds is 7. The summed E-state index contributed by atoms with van der Waals surface area (Å²) < 4.78 is 13.0. The van der Waals surface area contributed by atoms with Gasteiger partial charge >= 0.3 is 5.97 Å². The molecule has 0 heterocycles. The molecular weight excluding hydrogens is 263 g/mol. The van der Waals surface area contributed by atoms with Gasteiger partial charge < -0.3 is 16.2 Å². The first kappa shape index (κ1) is 15.9. The van der Waals surface area contributed by atoms with Gasteiger partial charge in [-0.2, -0.15) is 0 Å². The number of benzene rings is 1. The maximum Gasteiger partial charge on any atom is 0.303 e. The number of nitrogens with two attached hydrogens (primary N) is 1. The van der Waals surface area contributed by atoms with Gasteiger partial charge in [-0.05, 0) is 37.0 Å². The molecule has 1 atom stereocenters. The van der Waals surface area contributed by atoms with E-state index in [0.717, 1.165) is 6.07 Å². The molecule has 1 aromatic carbocycles. The number of halogens is 1. The van der Waals surface area contributed by atoms with Crippen molar-refractivity contribution >= 4 is 17.6 Å². The van der Waals surface area contributed by atoms with E-state index in [0.29, 0.717) is 19.4 Å². The summed E-state index contributed by atoms with van der Waals surface area (Å²) in [5, 5.41) is 11.2. The first-order valence-electron chi connectivity index (χ1n) is 6.45. The maximum absolute atomic E-state index is 13.0. The second-order valence-electron chi connectivity index (χ2n) is 4.81. The van der Waals surface area contributed by atoms with Crippen molar-refractivity contribution in [3.8, 4) is 0 Å². The molecular formula is C14H19FN2O3. The summed E-state index contributed by atoms with van der Waals surface area (Å²) >= 11 is 0. The summed E-state index contributed by atoms with van der Waals surface area (Å²) in [7, 11) is 0. The highest BCUT2D eigenvalue weighted by Crippen LogP contribution is 2.14. The molecule has 5 nitrogen and oxygen atoms in total. The molecule has 4 N–H and O–H groups in total. The van der Waals surface area contributed by atoms with Crippen LogP contribution in [0, 0.1) is 11.7 Å². The molecule has 0 spiro atoms. The van der Waals surface area contributed by atoms with Crippen LogP contribution in [-0.2, 0) is 4.79 Å². The minimum atomic E-state index is -0.826. The SMILES string of the molecule is CC(CCNC(=O)c1cc(F)ccc1N)CCC(=O)O. The van der Waals surface area contributed by atoms with E-state index in [4.69, 9.17) is 10.8 Å². The average molecular weight is 282 g/mol. The molecule has 20 heavy (non-hydrogen) atoms. The first-order valence-corrected chi connectivity index (χ1v) is 6.45. The fourth-order valence-corrected chi connectivity index (χ4v) is 1.77. The fourth-order valence-electron chi connectivity index (χ4n) is 1.77. The van der Waals surface area contributed by atoms with Gasteiger partial charge in [-0.1, -0.05) is 6.92 Å². The van der Waals surface area contributed by atoms with Crippen LogP contribution in [0.5, 0.6) is 0 Å². The van der Waals surface area contributed by atoms with Gasteiger partial charge in [0.25, 0.3) is 5.91 Å². The number of hydrogen-bond acceptors (Lipinski definition) is 3. The molecule has 0 aliphatic carbocycles. The van der Waals surface area contributed by atoms with Crippen molar-refractivity contribution < 1.29 is 19.1 Å². The predicted octanol–water partition coefficient (Wildman–Crippen LogP) is 2.03. The Labute approximate surface area is 117 Å². The van der Waals surface area contributed by atoms with Crippen LogP contribution in [0.1, 0.15) is 36.5 Å². The molecule has 0 aromatic heterocycles. The summed E-state index contributed by atoms with van der Waals surface area (Å²) in [6, 6.07) is 3.64. The smallest absolute Gasteiger partial charge is 0.303 e. The molecule has 1 unspecified atom stereocenters. The Morgan fingerprint density at radius 2 is 2.10 bits per heavy atom. The van der Waals surface area contributed by atoms with Crippen LogP contribution in [0.15, 0.2) is 18.2 Å². The molecule has 0 aliphatic heterocycles. The first-order chi connectivity index (χ1) is 9.40. The molecule has 0 bridgehead atoms. The van der Waals surface area contributed by atoms with Gasteiger partial charge in [0.2, 0.25) is 0 Å². The van der Waals surface area contributed by atoms with E-state index in [1.165, 1.54) is 12.1 Å². The molecule has 0 fully saturated rings. The Morgan fingerprint density at radius 1 is 1.40 bits per heavy atom. The highest BCUT2D eigenvalue weighted by Gasteiger charge is 2.11. The quantitative estimate of drug-likeness (QED) is 0.667. The number of anilines is 1. The highest BCUT2D eigenvalue weighted by atomic mass is 19.1. The Balaban J connectivity index is 2.40. The third-order valence-corrected chi connectivity index (χ3v) is 3.03. The van der Waals surface area contributed by atoms with Crippen molar-refractivity contribution in [2.75, 3.05) is 12.3 Å². The van der Waals surface area contributed by atoms with Gasteiger partial charge in [-0.15, -0.1) is 0 Å². The number of carbonyl (C=O) groups is 2. The number of nitrogen functional groups attached to an aromatic ring is 1. The highest BCUT2D eigenvalue weighted by molar-refractivity contribution is 5.99. The number of amides is 1. The standard InChI is InChI=1S/C14H19FN2O3/c1-9(2-5-13(18)19)6-7-17-14(20)11-8-10(15)3-4-12(11)16/h3-4,8-9H,2,5-7,16H2,1H3,(H,17,20)(H,18,19). The number of carboxylic acid groups (broad SMARTS) is 1. The number of hydrogen-bond donors (Lipinski definition) is 3. The minimum Gasteiger partial charge on any atom is -0.481 e. The lowest BCUT2D eigenvalue weighted by Gasteiger charge is -2.11. The molecule has 0 radical (unpaired) electrons. The van der Waals surface area contributed by atoms with E-state index >= 15 is 0 Å². The summed E-state index contributed by atoms with van der Waals surface area (Å²) in [5.41, 5.74) is 5.95. The maximum atomic E-state index is 13.0. The normalized spacial score (nSPS) is 11.9. The predicted molar refractivity (Wildman–Crippen MR) is 73.8 cm³/mol. The summed E-state index contributed by atoms with van der Waals surface area (Å²) in [4.78, 5) is 22.2. The van der Waals surface area contributed by atoms with E-state index in [1.54, 1.807) is 0 Å². The van der Waals surface area contributed by atoms with Gasteiger partial charge in [0.05, 0.1) is 5.56 Å². The topological polar surface area (TPSA) is 92.4 Å². The molecule has 1 aromatic rings. The number of nitrogens with one attached hydrogen (secondary N) is 1. The van der Waals surface area contributed by atoms with Crippen LogP contribution in [-0.4, -0.2) is 23.5 Å². The zero-order chi connectivity index (χ0) is 15.1. The second kappa shape index (κ2) is 7.47. The van der Waals surface area contributed by atoms with Gasteiger partial charge in [-0.25, -0.2) is 4.39 Å². The van der Waals surface area contributed by atoms with Crippen molar-refractivity contribution in [3.63, 3.8) is 0 Å². The summed E-state index contributed by atoms with van der Waals surface area (Å²) in [6.07, 6.45) is 1.34. The molecule has 0 saturated carbocycles. The lowest BCUT2D eigenvalue weighted by Crippen LogP contribution is -2.26. The number of carbonyl (C=O) groups excluding carboxylic acids is 1. The fraction of sp³-hybridized carbons (Fsp3) is 0.429. The zero-order valence-corrected chi connectivity index (χ0v) is 11.4. The van der Waals surface area contributed by atoms with Crippen molar-refractivity contribution in [2.24, 2.45) is 5.92 Å². The second-order valence-corrected chi connectivity index (χ2v) is 4.81. The Bertz CT molecular complexity index is 491. The van der Waals surface area contributed by atoms with Crippen LogP contribution >= 0.6 is 0 Å². The van der Waals surface area contributed by atoms with Crippen LogP contribution in [0.2, 0.25) is 0 Å². The van der Waals surface area contributed by atoms with Crippen molar-refractivity contribution in [2.45, 2.75) is 26.2 Å². The van der Waals surface area contributed by atoms with Crippen LogP contribution < -0.4 is 11.1 Å². The third kappa shape index (κ3) is 5.26. The lowest BCUT2D eigenvalue weighted by molar-refractivity contribution is -0.137. The lowest BCUT2D eigenvalue weighted by atomic mass is 10.0. The molecule has 0 saturated heterocycles. The van der Waals surface area contributed by atoms with Crippen molar-refractivity contribution in [1.29, 1.82) is 0 Å². The van der Waals surface area contributed by atoms with Crippen LogP contribution in [0.25, 0.3) is 0 Å². The van der Waals surface area contributed by atoms with E-state index in [-0.39, 0.29) is 23.6 Å². The van der Waals surface area contributed by atoms with Gasteiger partial charge in [0, 0.05) is 18.7 Å². The van der Waals surface area contributed by atoms with Crippen molar-refractivity contribution in [3.05, 3.63) is 29.6 Å². The van der Waals surface area contributed by atoms with E-state index in [1.807, 2.05) is 6.92 Å².